The van der Waals surface area contributed by atoms with Crippen molar-refractivity contribution in [1.29, 1.82) is 0 Å². The van der Waals surface area contributed by atoms with Gasteiger partial charge in [0.05, 0.1) is 7.11 Å². The molecule has 2 nitrogen and oxygen atoms in total. The molecule has 1 aliphatic rings. The Bertz CT molecular complexity index is 251. The number of ether oxygens (including phenoxy) is 1. The molecule has 0 aromatic carbocycles. The van der Waals surface area contributed by atoms with E-state index in [1.54, 1.807) is 0 Å². The molecule has 1 atom stereocenters. The zero-order chi connectivity index (χ0) is 9.19. The van der Waals surface area contributed by atoms with Gasteiger partial charge < -0.3 is 4.74 Å². The standard InChI is InChI=1S/C10H14O2/c1-8-5-4-6-10(2,7-8)9(11)12-3/h4,6-7H,5H2,1-3H3. The lowest BCUT2D eigenvalue weighted by Crippen LogP contribution is -2.26. The van der Waals surface area contributed by atoms with Gasteiger partial charge in [0.15, 0.2) is 0 Å². The Morgan fingerprint density at radius 2 is 2.33 bits per heavy atom. The van der Waals surface area contributed by atoms with E-state index in [-0.39, 0.29) is 5.97 Å². The molecule has 0 bridgehead atoms. The molecule has 0 fully saturated rings. The van der Waals surface area contributed by atoms with E-state index in [9.17, 15) is 4.79 Å². The highest BCUT2D eigenvalue weighted by Gasteiger charge is 2.30. The van der Waals surface area contributed by atoms with Crippen LogP contribution in [0.3, 0.4) is 0 Å². The summed E-state index contributed by atoms with van der Waals surface area (Å²) in [4.78, 5) is 11.3. The van der Waals surface area contributed by atoms with E-state index < -0.39 is 5.41 Å². The molecule has 0 saturated heterocycles. The van der Waals surface area contributed by atoms with Crippen molar-refractivity contribution >= 4 is 5.97 Å². The molecule has 0 aliphatic heterocycles. The van der Waals surface area contributed by atoms with Crippen molar-refractivity contribution in [2.75, 3.05) is 7.11 Å². The van der Waals surface area contributed by atoms with E-state index in [1.807, 2.05) is 32.1 Å². The Kier molecular flexibility index (Phi) is 2.36. The van der Waals surface area contributed by atoms with Crippen molar-refractivity contribution in [2.45, 2.75) is 20.3 Å². The van der Waals surface area contributed by atoms with Gasteiger partial charge in [0, 0.05) is 0 Å². The SMILES string of the molecule is COC(=O)C1(C)C=CCC(C)=C1. The van der Waals surface area contributed by atoms with Crippen LogP contribution < -0.4 is 0 Å². The molecule has 0 saturated carbocycles. The van der Waals surface area contributed by atoms with Gasteiger partial charge in [0.25, 0.3) is 0 Å². The topological polar surface area (TPSA) is 26.3 Å². The molecule has 0 N–H and O–H groups in total. The summed E-state index contributed by atoms with van der Waals surface area (Å²) in [5.74, 6) is -0.196. The second kappa shape index (κ2) is 3.13. The first-order chi connectivity index (χ1) is 5.58. The molecule has 0 aromatic heterocycles. The predicted octanol–water partition coefficient (Wildman–Crippen LogP) is 2.07. The largest absolute Gasteiger partial charge is 0.468 e. The molecule has 0 spiro atoms. The number of methoxy groups -OCH3 is 1. The molecule has 0 aromatic rings. The minimum atomic E-state index is -0.545. The van der Waals surface area contributed by atoms with E-state index in [0.29, 0.717) is 0 Å². The summed E-state index contributed by atoms with van der Waals surface area (Å²) in [5, 5.41) is 0. The summed E-state index contributed by atoms with van der Waals surface area (Å²) in [5.41, 5.74) is 0.669. The average molecular weight is 166 g/mol. The zero-order valence-electron chi connectivity index (χ0n) is 7.76. The number of hydrogen-bond acceptors (Lipinski definition) is 2. The van der Waals surface area contributed by atoms with Crippen LogP contribution in [-0.4, -0.2) is 13.1 Å². The number of carbonyl (C=O) groups is 1. The summed E-state index contributed by atoms with van der Waals surface area (Å²) in [7, 11) is 1.42. The van der Waals surface area contributed by atoms with Crippen LogP contribution in [0, 0.1) is 5.41 Å². The Morgan fingerprint density at radius 1 is 1.67 bits per heavy atom. The molecule has 0 amide bonds. The van der Waals surface area contributed by atoms with Crippen LogP contribution in [0.1, 0.15) is 20.3 Å². The fourth-order valence-electron chi connectivity index (χ4n) is 1.46. The first-order valence-electron chi connectivity index (χ1n) is 4.03. The average Bonchev–Trinajstić information content (AvgIpc) is 2.02. The van der Waals surface area contributed by atoms with E-state index >= 15 is 0 Å². The second-order valence-electron chi connectivity index (χ2n) is 3.37. The first kappa shape index (κ1) is 9.04. The van der Waals surface area contributed by atoms with Gasteiger partial charge in [0.1, 0.15) is 5.41 Å². The quantitative estimate of drug-likeness (QED) is 0.440. The van der Waals surface area contributed by atoms with Crippen molar-refractivity contribution in [3.05, 3.63) is 23.8 Å². The van der Waals surface area contributed by atoms with E-state index in [1.165, 1.54) is 12.7 Å². The summed E-state index contributed by atoms with van der Waals surface area (Å²) < 4.78 is 4.71. The molecular formula is C10H14O2. The van der Waals surface area contributed by atoms with Crippen molar-refractivity contribution in [1.82, 2.24) is 0 Å². The van der Waals surface area contributed by atoms with Crippen LogP contribution in [-0.2, 0) is 9.53 Å². The Balaban J connectivity index is 2.90. The Labute approximate surface area is 72.9 Å². The van der Waals surface area contributed by atoms with Crippen LogP contribution >= 0.6 is 0 Å². The second-order valence-corrected chi connectivity index (χ2v) is 3.37. The van der Waals surface area contributed by atoms with Gasteiger partial charge in [-0.3, -0.25) is 4.79 Å². The molecule has 0 radical (unpaired) electrons. The lowest BCUT2D eigenvalue weighted by molar-refractivity contribution is -0.146. The Morgan fingerprint density at radius 3 is 2.83 bits per heavy atom. The lowest BCUT2D eigenvalue weighted by Gasteiger charge is -2.22. The monoisotopic (exact) mass is 166 g/mol. The third kappa shape index (κ3) is 1.58. The highest BCUT2D eigenvalue weighted by Crippen LogP contribution is 2.28. The van der Waals surface area contributed by atoms with Crippen LogP contribution in [0.5, 0.6) is 0 Å². The fraction of sp³-hybridized carbons (Fsp3) is 0.500. The molecule has 1 unspecified atom stereocenters. The predicted molar refractivity (Wildman–Crippen MR) is 47.6 cm³/mol. The molecular weight excluding hydrogens is 152 g/mol. The van der Waals surface area contributed by atoms with Crippen LogP contribution in [0.2, 0.25) is 0 Å². The minimum Gasteiger partial charge on any atom is -0.468 e. The Hall–Kier alpha value is -1.05. The maximum Gasteiger partial charge on any atom is 0.319 e. The van der Waals surface area contributed by atoms with Gasteiger partial charge in [-0.1, -0.05) is 23.8 Å². The highest BCUT2D eigenvalue weighted by atomic mass is 16.5. The molecule has 1 aliphatic carbocycles. The number of allylic oxidation sites excluding steroid dienone is 2. The molecule has 0 heterocycles. The summed E-state index contributed by atoms with van der Waals surface area (Å²) in [6.07, 6.45) is 6.80. The maximum absolute atomic E-state index is 11.3. The van der Waals surface area contributed by atoms with Crippen molar-refractivity contribution < 1.29 is 9.53 Å². The van der Waals surface area contributed by atoms with Crippen molar-refractivity contribution in [3.63, 3.8) is 0 Å². The first-order valence-corrected chi connectivity index (χ1v) is 4.03. The number of hydrogen-bond donors (Lipinski definition) is 0. The third-order valence-electron chi connectivity index (χ3n) is 2.08. The zero-order valence-corrected chi connectivity index (χ0v) is 7.76. The number of rotatable bonds is 1. The van der Waals surface area contributed by atoms with Gasteiger partial charge in [-0.05, 0) is 20.3 Å². The third-order valence-corrected chi connectivity index (χ3v) is 2.08. The van der Waals surface area contributed by atoms with E-state index in [2.05, 4.69) is 0 Å². The van der Waals surface area contributed by atoms with Gasteiger partial charge in [-0.25, -0.2) is 0 Å². The molecule has 1 rings (SSSR count). The van der Waals surface area contributed by atoms with Crippen LogP contribution in [0.25, 0.3) is 0 Å². The lowest BCUT2D eigenvalue weighted by atomic mass is 9.84. The molecule has 66 valence electrons. The normalized spacial score (nSPS) is 28.1. The number of esters is 1. The van der Waals surface area contributed by atoms with Gasteiger partial charge >= 0.3 is 5.97 Å². The fourth-order valence-corrected chi connectivity index (χ4v) is 1.46. The summed E-state index contributed by atoms with van der Waals surface area (Å²) in [6, 6.07) is 0. The maximum atomic E-state index is 11.3. The van der Waals surface area contributed by atoms with Gasteiger partial charge in [-0.15, -0.1) is 0 Å². The summed E-state index contributed by atoms with van der Waals surface area (Å²) in [6.45, 7) is 3.88. The van der Waals surface area contributed by atoms with Gasteiger partial charge in [0.2, 0.25) is 0 Å². The number of carbonyl (C=O) groups excluding carboxylic acids is 1. The van der Waals surface area contributed by atoms with E-state index in [4.69, 9.17) is 4.74 Å². The van der Waals surface area contributed by atoms with Crippen molar-refractivity contribution in [2.24, 2.45) is 5.41 Å². The van der Waals surface area contributed by atoms with Crippen molar-refractivity contribution in [3.8, 4) is 0 Å². The van der Waals surface area contributed by atoms with Crippen LogP contribution in [0.4, 0.5) is 0 Å². The molecule has 12 heavy (non-hydrogen) atoms. The van der Waals surface area contributed by atoms with E-state index in [0.717, 1.165) is 6.42 Å². The van der Waals surface area contributed by atoms with Gasteiger partial charge in [-0.2, -0.15) is 0 Å². The summed E-state index contributed by atoms with van der Waals surface area (Å²) >= 11 is 0. The minimum absolute atomic E-state index is 0.196. The van der Waals surface area contributed by atoms with Crippen LogP contribution in [0.15, 0.2) is 23.8 Å². The molecule has 2 heteroatoms. The smallest absolute Gasteiger partial charge is 0.319 e. The highest BCUT2D eigenvalue weighted by molar-refractivity contribution is 5.81.